The van der Waals surface area contributed by atoms with E-state index < -0.39 is 31.6 Å². The fourth-order valence-corrected chi connectivity index (χ4v) is 19.2. The molecule has 410 valence electrons. The van der Waals surface area contributed by atoms with Gasteiger partial charge in [-0.2, -0.15) is 7.82 Å². The summed E-state index contributed by atoms with van der Waals surface area (Å²) in [4.78, 5) is 33.3. The van der Waals surface area contributed by atoms with Crippen LogP contribution in [0.25, 0.3) is 0 Å². The lowest BCUT2D eigenvalue weighted by Gasteiger charge is -2.36. The second kappa shape index (κ2) is 32.2. The number of hydrogen-bond donors (Lipinski definition) is 0. The van der Waals surface area contributed by atoms with Gasteiger partial charge in [-0.05, 0) is 182 Å². The molecular weight excluding hydrogens is 1150 g/mol. The van der Waals surface area contributed by atoms with Gasteiger partial charge in [0.05, 0.1) is 23.8 Å². The highest BCUT2D eigenvalue weighted by molar-refractivity contribution is 8.00. The lowest BCUT2D eigenvalue weighted by Crippen LogP contribution is -2.24. The molecule has 0 bridgehead atoms. The van der Waals surface area contributed by atoms with E-state index >= 15 is 0 Å². The Balaban J connectivity index is 0.000000144. The van der Waals surface area contributed by atoms with E-state index in [2.05, 4.69) is 346 Å². The van der Waals surface area contributed by atoms with Crippen molar-refractivity contribution in [2.45, 2.75) is 29.4 Å². The van der Waals surface area contributed by atoms with Crippen molar-refractivity contribution in [3.63, 3.8) is 0 Å². The summed E-state index contributed by atoms with van der Waals surface area (Å²) in [6.07, 6.45) is 0. The summed E-state index contributed by atoms with van der Waals surface area (Å²) >= 11 is 5.43. The maximum absolute atomic E-state index is 8.55. The van der Waals surface area contributed by atoms with Gasteiger partial charge in [-0.25, -0.2) is 0 Å². The third kappa shape index (κ3) is 19.6. The average molecular weight is 1210 g/mol. The summed E-state index contributed by atoms with van der Waals surface area (Å²) in [5.41, 5.74) is 0. The molecule has 12 aromatic rings. The summed E-state index contributed by atoms with van der Waals surface area (Å²) in [5.74, 6) is 0. The van der Waals surface area contributed by atoms with E-state index in [0.29, 0.717) is 0 Å². The van der Waals surface area contributed by atoms with Crippen molar-refractivity contribution in [3.8, 4) is 0 Å². The van der Waals surface area contributed by atoms with Crippen LogP contribution in [0.2, 0.25) is 0 Å². The van der Waals surface area contributed by atoms with Crippen LogP contribution in [0, 0.1) is 0 Å². The van der Waals surface area contributed by atoms with Crippen molar-refractivity contribution in [1.82, 2.24) is 0 Å². The van der Waals surface area contributed by atoms with Gasteiger partial charge in [0.1, 0.15) is 47.7 Å². The lowest BCUT2D eigenvalue weighted by atomic mass is 10.3. The first-order valence-corrected chi connectivity index (χ1v) is 35.3. The topological polar surface area (TPSA) is 86.2 Å². The van der Waals surface area contributed by atoms with Gasteiger partial charge >= 0.3 is 0 Å². The van der Waals surface area contributed by atoms with Crippen LogP contribution in [0.4, 0.5) is 0 Å². The van der Waals surface area contributed by atoms with Gasteiger partial charge in [0.2, 0.25) is 0 Å². The van der Waals surface area contributed by atoms with Crippen LogP contribution in [0.5, 0.6) is 0 Å². The predicted molar refractivity (Wildman–Crippen MR) is 359 cm³/mol. The van der Waals surface area contributed by atoms with E-state index in [1.165, 1.54) is 77.1 Å². The van der Waals surface area contributed by atoms with E-state index in [1.54, 1.807) is 0 Å². The minimum absolute atomic E-state index is 0.975. The Labute approximate surface area is 505 Å². The van der Waals surface area contributed by atoms with Crippen molar-refractivity contribution in [2.24, 2.45) is 0 Å². The van der Waals surface area contributed by atoms with E-state index in [0.717, 1.165) is 0 Å². The number of benzene rings is 12. The molecule has 0 spiro atoms. The Bertz CT molecular complexity index is 3270. The largest absolute Gasteiger partial charge is 0.822 e. The zero-order valence-electron chi connectivity index (χ0n) is 45.2. The minimum Gasteiger partial charge on any atom is -0.822 e. The normalized spacial score (nSPS) is 10.9. The molecule has 12 rings (SSSR count). The van der Waals surface area contributed by atoms with E-state index in [-0.39, 0.29) is 0 Å². The molecule has 0 heterocycles. The number of rotatable bonds is 15. The van der Waals surface area contributed by atoms with Gasteiger partial charge in [-0.3, -0.25) is 0 Å². The summed E-state index contributed by atoms with van der Waals surface area (Å²) < 4.78 is 8.55. The standard InChI is InChI=1S/3C24H19PS.H3O4P/c3*1-4-10-20(11-5-1)25(21-12-6-2-7-13-21)22-16-18-24(19-17-22)26-23-14-8-3-9-15-23;1-5(2,3)4/h3*1-19H;(H3,1,2,3,4). The van der Waals surface area contributed by atoms with Gasteiger partial charge in [-0.15, -0.1) is 0 Å². The molecule has 0 amide bonds. The van der Waals surface area contributed by atoms with E-state index in [4.69, 9.17) is 19.2 Å². The van der Waals surface area contributed by atoms with Gasteiger partial charge in [-0.1, -0.05) is 199 Å². The predicted octanol–water partition coefficient (Wildman–Crippen LogP) is 13.2. The Kier molecular flexibility index (Phi) is 23.6. The first-order chi connectivity index (χ1) is 40.7. The summed E-state index contributed by atoms with van der Waals surface area (Å²) in [5, 5.41) is 12.8. The molecule has 0 saturated carbocycles. The van der Waals surface area contributed by atoms with E-state index in [9.17, 15) is 0 Å². The third-order valence-electron chi connectivity index (χ3n) is 12.7. The summed E-state index contributed by atoms with van der Waals surface area (Å²) in [6.45, 7) is 0. The zero-order chi connectivity index (χ0) is 57.3. The first kappa shape index (κ1) is 60.7. The molecule has 0 N–H and O–H groups in total. The SMILES string of the molecule is O=P([O-])([O-])[O-].c1ccc(Sc2ccc([PH+](c3ccccc3)c3ccccc3)cc2)cc1.c1ccc(Sc2ccc([PH+](c3ccccc3)c3ccccc3)cc2)cc1.c1ccc(Sc2ccc([PH+](c3ccccc3)c3ccccc3)cc2)cc1. The molecule has 12 aromatic carbocycles. The lowest BCUT2D eigenvalue weighted by molar-refractivity contribution is -0.432. The molecule has 0 atom stereocenters. The van der Waals surface area contributed by atoms with Crippen LogP contribution in [0.3, 0.4) is 0 Å². The van der Waals surface area contributed by atoms with Crippen LogP contribution in [-0.2, 0) is 4.57 Å². The summed E-state index contributed by atoms with van der Waals surface area (Å²) in [7, 11) is -8.31. The Morgan fingerprint density at radius 1 is 0.193 bits per heavy atom. The second-order valence-electron chi connectivity index (χ2n) is 18.6. The fourth-order valence-electron chi connectivity index (χ4n) is 9.07. The van der Waals surface area contributed by atoms with Crippen LogP contribution in [-0.4, -0.2) is 0 Å². The summed E-state index contributed by atoms with van der Waals surface area (Å²) in [6, 6.07) is 124. The molecule has 83 heavy (non-hydrogen) atoms. The van der Waals surface area contributed by atoms with Crippen LogP contribution >= 0.6 is 66.9 Å². The molecule has 0 radical (unpaired) electrons. The van der Waals surface area contributed by atoms with Crippen molar-refractivity contribution < 1.29 is 19.2 Å². The minimum atomic E-state index is -5.39. The van der Waals surface area contributed by atoms with Gasteiger partial charge in [0.15, 0.2) is 0 Å². The number of hydrogen-bond acceptors (Lipinski definition) is 7. The highest BCUT2D eigenvalue weighted by Gasteiger charge is 2.27. The molecule has 0 aliphatic heterocycles. The molecular formula is C72H60O4P4S3. The van der Waals surface area contributed by atoms with Gasteiger partial charge in [0.25, 0.3) is 0 Å². The molecule has 0 fully saturated rings. The molecule has 0 saturated heterocycles. The maximum atomic E-state index is 8.55. The monoisotopic (exact) mass is 1210 g/mol. The Morgan fingerprint density at radius 3 is 0.470 bits per heavy atom. The first-order valence-electron chi connectivity index (χ1n) is 26.9. The molecule has 11 heteroatoms. The quantitative estimate of drug-likeness (QED) is 0.0945. The zero-order valence-corrected chi connectivity index (χ0v) is 51.6. The Hall–Kier alpha value is -6.91. The molecule has 0 aromatic heterocycles. The van der Waals surface area contributed by atoms with Gasteiger partial charge < -0.3 is 19.2 Å². The van der Waals surface area contributed by atoms with Gasteiger partial charge in [0, 0.05) is 29.4 Å². The van der Waals surface area contributed by atoms with Crippen molar-refractivity contribution in [3.05, 3.63) is 346 Å². The molecule has 0 unspecified atom stereocenters. The van der Waals surface area contributed by atoms with Crippen molar-refractivity contribution in [1.29, 1.82) is 0 Å². The Morgan fingerprint density at radius 2 is 0.313 bits per heavy atom. The fraction of sp³-hybridized carbons (Fsp3) is 0. The highest BCUT2D eigenvalue weighted by Crippen LogP contribution is 2.37. The maximum Gasteiger partial charge on any atom is 0.102 e. The smallest absolute Gasteiger partial charge is 0.102 e. The molecule has 0 aliphatic rings. The second-order valence-corrected chi connectivity index (χ2v) is 30.4. The van der Waals surface area contributed by atoms with Crippen molar-refractivity contribution in [2.75, 3.05) is 0 Å². The van der Waals surface area contributed by atoms with Crippen molar-refractivity contribution >= 4 is 115 Å². The number of phosphoric acid groups is 1. The van der Waals surface area contributed by atoms with Crippen LogP contribution < -0.4 is 62.4 Å². The highest BCUT2D eigenvalue weighted by atomic mass is 32.2. The van der Waals surface area contributed by atoms with Crippen LogP contribution in [0.1, 0.15) is 0 Å². The molecule has 4 nitrogen and oxygen atoms in total. The van der Waals surface area contributed by atoms with E-state index in [1.807, 2.05) is 35.3 Å². The average Bonchev–Trinajstić information content (AvgIpc) is 3.69. The third-order valence-corrected chi connectivity index (χ3v) is 24.0. The molecule has 0 aliphatic carbocycles. The van der Waals surface area contributed by atoms with Crippen LogP contribution in [0.15, 0.2) is 375 Å².